The van der Waals surface area contributed by atoms with Crippen LogP contribution in [0.2, 0.25) is 0 Å². The molecule has 1 aromatic heterocycles. The van der Waals surface area contributed by atoms with E-state index in [4.69, 9.17) is 14.2 Å². The number of aromatic nitrogens is 2. The van der Waals surface area contributed by atoms with Gasteiger partial charge in [0.05, 0.1) is 13.3 Å². The second-order valence-electron chi connectivity index (χ2n) is 4.43. The number of aryl methyl sites for hydroxylation is 1. The van der Waals surface area contributed by atoms with Gasteiger partial charge in [0.15, 0.2) is 12.0 Å². The molecule has 1 rings (SSSR count). The fourth-order valence-electron chi connectivity index (χ4n) is 2.13. The predicted octanol–water partition coefficient (Wildman–Crippen LogP) is 1.87. The molecule has 0 saturated heterocycles. The molecule has 6 heteroatoms. The van der Waals surface area contributed by atoms with Gasteiger partial charge in [-0.2, -0.15) is 5.10 Å². The number of nitrogens with one attached hydrogen (secondary N) is 1. The zero-order valence-corrected chi connectivity index (χ0v) is 13.2. The molecule has 1 heterocycles. The van der Waals surface area contributed by atoms with E-state index in [0.29, 0.717) is 13.2 Å². The smallest absolute Gasteiger partial charge is 0.178 e. The van der Waals surface area contributed by atoms with Gasteiger partial charge in [-0.25, -0.2) is 0 Å². The zero-order valence-electron chi connectivity index (χ0n) is 13.2. The lowest BCUT2D eigenvalue weighted by atomic mass is 10.1. The van der Waals surface area contributed by atoms with E-state index in [1.807, 2.05) is 20.9 Å². The van der Waals surface area contributed by atoms with Crippen LogP contribution in [-0.2, 0) is 16.5 Å². The van der Waals surface area contributed by atoms with Gasteiger partial charge in [0.2, 0.25) is 0 Å². The number of nitrogens with zero attached hydrogens (tertiary/aromatic N) is 2. The number of hydrogen-bond acceptors (Lipinski definition) is 5. The first-order chi connectivity index (χ1) is 9.69. The fraction of sp³-hybridized carbons (Fsp3) is 0.786. The van der Waals surface area contributed by atoms with Crippen molar-refractivity contribution in [3.63, 3.8) is 0 Å². The molecule has 20 heavy (non-hydrogen) atoms. The van der Waals surface area contributed by atoms with Gasteiger partial charge in [-0.05, 0) is 26.8 Å². The Morgan fingerprint density at radius 2 is 1.90 bits per heavy atom. The average molecular weight is 285 g/mol. The van der Waals surface area contributed by atoms with Crippen molar-refractivity contribution in [3.05, 3.63) is 11.9 Å². The largest absolute Gasteiger partial charge is 0.493 e. The van der Waals surface area contributed by atoms with Crippen LogP contribution in [0.5, 0.6) is 5.75 Å². The van der Waals surface area contributed by atoms with Crippen LogP contribution in [0, 0.1) is 0 Å². The van der Waals surface area contributed by atoms with Crippen molar-refractivity contribution in [1.82, 2.24) is 15.1 Å². The van der Waals surface area contributed by atoms with Gasteiger partial charge >= 0.3 is 0 Å². The molecule has 0 radical (unpaired) electrons. The van der Waals surface area contributed by atoms with Crippen molar-refractivity contribution in [2.45, 2.75) is 39.5 Å². The summed E-state index contributed by atoms with van der Waals surface area (Å²) in [6.45, 7) is 8.10. The first kappa shape index (κ1) is 16.9. The first-order valence-corrected chi connectivity index (χ1v) is 7.21. The average Bonchev–Trinajstić information content (AvgIpc) is 2.81. The van der Waals surface area contributed by atoms with Crippen LogP contribution < -0.4 is 10.1 Å². The van der Waals surface area contributed by atoms with E-state index in [0.717, 1.165) is 24.4 Å². The number of hydrogen-bond donors (Lipinski definition) is 1. The molecule has 0 amide bonds. The van der Waals surface area contributed by atoms with Gasteiger partial charge in [-0.1, -0.05) is 6.92 Å². The van der Waals surface area contributed by atoms with Crippen LogP contribution >= 0.6 is 0 Å². The lowest BCUT2D eigenvalue weighted by Crippen LogP contribution is -2.37. The molecule has 1 N–H and O–H groups in total. The van der Waals surface area contributed by atoms with E-state index < -0.39 is 0 Å². The van der Waals surface area contributed by atoms with Crippen molar-refractivity contribution in [1.29, 1.82) is 0 Å². The Hall–Kier alpha value is -1.11. The Bertz CT molecular complexity index is 376. The molecule has 6 nitrogen and oxygen atoms in total. The molecule has 0 aliphatic carbocycles. The molecule has 0 spiro atoms. The Morgan fingerprint density at radius 3 is 2.40 bits per heavy atom. The molecule has 0 aliphatic rings. The van der Waals surface area contributed by atoms with Gasteiger partial charge in [-0.15, -0.1) is 0 Å². The van der Waals surface area contributed by atoms with E-state index in [1.165, 1.54) is 0 Å². The maximum Gasteiger partial charge on any atom is 0.178 e. The molecular weight excluding hydrogens is 258 g/mol. The number of rotatable bonds is 10. The molecule has 0 saturated carbocycles. The summed E-state index contributed by atoms with van der Waals surface area (Å²) in [5.41, 5.74) is 0.938. The molecule has 1 aromatic rings. The highest BCUT2D eigenvalue weighted by molar-refractivity contribution is 5.28. The molecule has 0 aromatic carbocycles. The maximum atomic E-state index is 5.74. The van der Waals surface area contributed by atoms with Gasteiger partial charge in [0, 0.05) is 20.3 Å². The van der Waals surface area contributed by atoms with Crippen molar-refractivity contribution >= 4 is 0 Å². The van der Waals surface area contributed by atoms with E-state index in [1.54, 1.807) is 18.0 Å². The first-order valence-electron chi connectivity index (χ1n) is 7.21. The van der Waals surface area contributed by atoms with Gasteiger partial charge in [0.1, 0.15) is 11.7 Å². The Morgan fingerprint density at radius 1 is 1.25 bits per heavy atom. The molecule has 1 atom stereocenters. The maximum absolute atomic E-state index is 5.74. The van der Waals surface area contributed by atoms with Crippen LogP contribution in [0.25, 0.3) is 0 Å². The van der Waals surface area contributed by atoms with E-state index in [2.05, 4.69) is 17.3 Å². The molecule has 0 aliphatic heterocycles. The van der Waals surface area contributed by atoms with E-state index >= 15 is 0 Å². The second kappa shape index (κ2) is 8.94. The Balaban J connectivity index is 3.04. The fourth-order valence-corrected chi connectivity index (χ4v) is 2.13. The SMILES string of the molecule is CCCNC(c1c(OC)cnn1C)C(OCC)OCC. The van der Waals surface area contributed by atoms with E-state index in [-0.39, 0.29) is 12.3 Å². The lowest BCUT2D eigenvalue weighted by Gasteiger charge is -2.28. The van der Waals surface area contributed by atoms with Crippen LogP contribution in [0.4, 0.5) is 0 Å². The summed E-state index contributed by atoms with van der Waals surface area (Å²) in [7, 11) is 3.54. The lowest BCUT2D eigenvalue weighted by molar-refractivity contribution is -0.156. The standard InChI is InChI=1S/C14H27N3O3/c1-6-9-15-12(14(19-7-2)20-8-3)13-11(18-5)10-16-17(13)4/h10,12,14-15H,6-9H2,1-5H3. The molecule has 116 valence electrons. The molecular formula is C14H27N3O3. The summed E-state index contributed by atoms with van der Waals surface area (Å²) < 4.78 is 18.7. The topological polar surface area (TPSA) is 57.5 Å². The van der Waals surface area contributed by atoms with Crippen molar-refractivity contribution in [2.24, 2.45) is 7.05 Å². The van der Waals surface area contributed by atoms with Crippen LogP contribution in [-0.4, -0.2) is 42.9 Å². The monoisotopic (exact) mass is 285 g/mol. The van der Waals surface area contributed by atoms with Gasteiger partial charge < -0.3 is 19.5 Å². The minimum absolute atomic E-state index is 0.114. The third-order valence-corrected chi connectivity index (χ3v) is 3.01. The summed E-state index contributed by atoms with van der Waals surface area (Å²) in [6.07, 6.45) is 2.38. The number of ether oxygens (including phenoxy) is 3. The molecule has 0 bridgehead atoms. The minimum Gasteiger partial charge on any atom is -0.493 e. The van der Waals surface area contributed by atoms with Gasteiger partial charge in [0.25, 0.3) is 0 Å². The van der Waals surface area contributed by atoms with Gasteiger partial charge in [-0.3, -0.25) is 4.68 Å². The second-order valence-corrected chi connectivity index (χ2v) is 4.43. The van der Waals surface area contributed by atoms with Crippen LogP contribution in [0.15, 0.2) is 6.20 Å². The quantitative estimate of drug-likeness (QED) is 0.665. The predicted molar refractivity (Wildman–Crippen MR) is 77.8 cm³/mol. The van der Waals surface area contributed by atoms with Crippen LogP contribution in [0.3, 0.4) is 0 Å². The summed E-state index contributed by atoms with van der Waals surface area (Å²) in [5.74, 6) is 0.741. The summed E-state index contributed by atoms with van der Waals surface area (Å²) in [6, 6.07) is -0.114. The highest BCUT2D eigenvalue weighted by Crippen LogP contribution is 2.28. The van der Waals surface area contributed by atoms with E-state index in [9.17, 15) is 0 Å². The Labute approximate surface area is 121 Å². The normalized spacial score (nSPS) is 12.9. The highest BCUT2D eigenvalue weighted by Gasteiger charge is 2.29. The Kier molecular flexibility index (Phi) is 7.58. The molecule has 0 fully saturated rings. The molecule has 1 unspecified atom stereocenters. The van der Waals surface area contributed by atoms with Crippen molar-refractivity contribution in [3.8, 4) is 5.75 Å². The highest BCUT2D eigenvalue weighted by atomic mass is 16.7. The summed E-state index contributed by atoms with van der Waals surface area (Å²) in [5, 5.41) is 7.73. The third-order valence-electron chi connectivity index (χ3n) is 3.01. The van der Waals surface area contributed by atoms with Crippen molar-refractivity contribution in [2.75, 3.05) is 26.9 Å². The minimum atomic E-state index is -0.360. The summed E-state index contributed by atoms with van der Waals surface area (Å²) in [4.78, 5) is 0. The van der Waals surface area contributed by atoms with Crippen molar-refractivity contribution < 1.29 is 14.2 Å². The summed E-state index contributed by atoms with van der Waals surface area (Å²) >= 11 is 0. The van der Waals surface area contributed by atoms with Crippen LogP contribution in [0.1, 0.15) is 38.9 Å². The zero-order chi connectivity index (χ0) is 15.0. The number of methoxy groups -OCH3 is 1. The third kappa shape index (κ3) is 4.19.